The van der Waals surface area contributed by atoms with Crippen molar-refractivity contribution in [3.05, 3.63) is 70.3 Å². The van der Waals surface area contributed by atoms with Crippen LogP contribution >= 0.6 is 0 Å². The van der Waals surface area contributed by atoms with Crippen LogP contribution in [0.1, 0.15) is 37.4 Å². The zero-order valence-corrected chi connectivity index (χ0v) is 11.9. The molecule has 0 radical (unpaired) electrons. The van der Waals surface area contributed by atoms with Crippen LogP contribution in [0, 0.1) is 13.8 Å². The van der Waals surface area contributed by atoms with E-state index in [-0.39, 0.29) is 6.61 Å². The molecule has 0 aliphatic carbocycles. The Bertz CT molecular complexity index is 702. The molecule has 4 nitrogen and oxygen atoms in total. The highest BCUT2D eigenvalue weighted by Crippen LogP contribution is 2.23. The molecule has 21 heavy (non-hydrogen) atoms. The number of amides is 2. The molecule has 0 fully saturated rings. The highest BCUT2D eigenvalue weighted by molar-refractivity contribution is 6.20. The number of nitrogens with zero attached hydrogens (tertiary/aromatic N) is 1. The number of hydrogen-bond acceptors (Lipinski definition) is 3. The van der Waals surface area contributed by atoms with Crippen molar-refractivity contribution in [2.75, 3.05) is 0 Å². The van der Waals surface area contributed by atoms with Crippen LogP contribution in [0.4, 0.5) is 0 Å². The molecule has 0 bridgehead atoms. The lowest BCUT2D eigenvalue weighted by Gasteiger charge is -2.14. The summed E-state index contributed by atoms with van der Waals surface area (Å²) in [6.45, 7) is 4.23. The lowest BCUT2D eigenvalue weighted by Crippen LogP contribution is -2.29. The summed E-state index contributed by atoms with van der Waals surface area (Å²) in [6, 6.07) is 12.7. The zero-order valence-electron chi connectivity index (χ0n) is 11.9. The molecule has 1 heterocycles. The lowest BCUT2D eigenvalue weighted by atomic mass is 10.1. The fourth-order valence-electron chi connectivity index (χ4n) is 2.32. The molecule has 0 spiro atoms. The van der Waals surface area contributed by atoms with Gasteiger partial charge in [-0.05, 0) is 42.7 Å². The summed E-state index contributed by atoms with van der Waals surface area (Å²) < 4.78 is 0. The number of rotatable bonds is 3. The summed E-state index contributed by atoms with van der Waals surface area (Å²) in [5.74, 6) is -0.807. The van der Waals surface area contributed by atoms with Crippen LogP contribution in [0.5, 0.6) is 0 Å². The Kier molecular flexibility index (Phi) is 3.31. The maximum Gasteiger partial charge on any atom is 0.285 e. The lowest BCUT2D eigenvalue weighted by molar-refractivity contribution is -0.101. The third-order valence-corrected chi connectivity index (χ3v) is 3.69. The van der Waals surface area contributed by atoms with Gasteiger partial charge in [0.25, 0.3) is 11.8 Å². The molecule has 1 aliphatic heterocycles. The van der Waals surface area contributed by atoms with Crippen LogP contribution in [0.2, 0.25) is 0 Å². The zero-order chi connectivity index (χ0) is 15.0. The molecule has 3 rings (SSSR count). The quantitative estimate of drug-likeness (QED) is 0.812. The Morgan fingerprint density at radius 3 is 2.10 bits per heavy atom. The Hall–Kier alpha value is -2.46. The maximum absolute atomic E-state index is 12.1. The largest absolute Gasteiger partial charge is 0.285 e. The van der Waals surface area contributed by atoms with E-state index in [4.69, 9.17) is 4.84 Å². The first-order valence-corrected chi connectivity index (χ1v) is 6.75. The van der Waals surface area contributed by atoms with Crippen LogP contribution in [0.15, 0.2) is 42.5 Å². The van der Waals surface area contributed by atoms with Crippen molar-refractivity contribution in [2.45, 2.75) is 20.5 Å². The van der Waals surface area contributed by atoms with Gasteiger partial charge < -0.3 is 0 Å². The van der Waals surface area contributed by atoms with E-state index in [2.05, 4.69) is 0 Å². The molecule has 0 saturated heterocycles. The molecule has 106 valence electrons. The van der Waals surface area contributed by atoms with Crippen LogP contribution in [-0.4, -0.2) is 16.9 Å². The first kappa shape index (κ1) is 13.5. The minimum Gasteiger partial charge on any atom is -0.266 e. The summed E-state index contributed by atoms with van der Waals surface area (Å²) in [7, 11) is 0. The molecule has 2 aromatic carbocycles. The predicted octanol–water partition coefficient (Wildman–Crippen LogP) is 3.03. The van der Waals surface area contributed by atoms with Gasteiger partial charge in [-0.15, -0.1) is 5.06 Å². The van der Waals surface area contributed by atoms with Gasteiger partial charge in [0, 0.05) is 0 Å². The van der Waals surface area contributed by atoms with Crippen molar-refractivity contribution in [1.29, 1.82) is 0 Å². The average molecular weight is 281 g/mol. The molecule has 2 amide bonds. The van der Waals surface area contributed by atoms with E-state index < -0.39 is 11.8 Å². The van der Waals surface area contributed by atoms with Crippen molar-refractivity contribution in [1.82, 2.24) is 5.06 Å². The SMILES string of the molecule is Cc1ccc(CON2C(=O)c3ccccc3C2=O)cc1C. The Morgan fingerprint density at radius 1 is 0.905 bits per heavy atom. The summed E-state index contributed by atoms with van der Waals surface area (Å²) in [5.41, 5.74) is 4.05. The van der Waals surface area contributed by atoms with E-state index in [0.29, 0.717) is 11.1 Å². The second kappa shape index (κ2) is 5.14. The number of aryl methyl sites for hydroxylation is 2. The van der Waals surface area contributed by atoms with Gasteiger partial charge in [0.15, 0.2) is 0 Å². The van der Waals surface area contributed by atoms with Crippen molar-refractivity contribution in [3.8, 4) is 0 Å². The molecule has 1 aliphatic rings. The standard InChI is InChI=1S/C17H15NO3/c1-11-7-8-13(9-12(11)2)10-21-18-16(19)14-5-3-4-6-15(14)17(18)20/h3-9H,10H2,1-2H3. The fourth-order valence-corrected chi connectivity index (χ4v) is 2.32. The maximum atomic E-state index is 12.1. The van der Waals surface area contributed by atoms with Crippen LogP contribution in [0.3, 0.4) is 0 Å². The number of hydrogen-bond donors (Lipinski definition) is 0. The van der Waals surface area contributed by atoms with Gasteiger partial charge in [0.1, 0.15) is 6.61 Å². The van der Waals surface area contributed by atoms with Crippen molar-refractivity contribution >= 4 is 11.8 Å². The molecular formula is C17H15NO3. The summed E-state index contributed by atoms with van der Waals surface area (Å²) >= 11 is 0. The molecule has 4 heteroatoms. The number of fused-ring (bicyclic) bond motifs is 1. The van der Waals surface area contributed by atoms with E-state index in [9.17, 15) is 9.59 Å². The van der Waals surface area contributed by atoms with E-state index in [1.165, 1.54) is 5.56 Å². The fraction of sp³-hybridized carbons (Fsp3) is 0.176. The van der Waals surface area contributed by atoms with Gasteiger partial charge >= 0.3 is 0 Å². The Balaban J connectivity index is 1.76. The second-order valence-electron chi connectivity index (χ2n) is 5.14. The van der Waals surface area contributed by atoms with Gasteiger partial charge in [0.2, 0.25) is 0 Å². The van der Waals surface area contributed by atoms with Gasteiger partial charge in [-0.1, -0.05) is 30.3 Å². The van der Waals surface area contributed by atoms with E-state index in [1.54, 1.807) is 24.3 Å². The monoisotopic (exact) mass is 281 g/mol. The summed E-state index contributed by atoms with van der Waals surface area (Å²) in [5, 5.41) is 0.847. The van der Waals surface area contributed by atoms with Crippen LogP contribution < -0.4 is 0 Å². The molecule has 0 saturated carbocycles. The van der Waals surface area contributed by atoms with Crippen LogP contribution in [-0.2, 0) is 11.4 Å². The number of hydroxylamine groups is 2. The van der Waals surface area contributed by atoms with Gasteiger partial charge in [0.05, 0.1) is 11.1 Å². The smallest absolute Gasteiger partial charge is 0.266 e. The Morgan fingerprint density at radius 2 is 1.52 bits per heavy atom. The highest BCUT2D eigenvalue weighted by Gasteiger charge is 2.36. The first-order chi connectivity index (χ1) is 10.1. The minimum atomic E-state index is -0.403. The third kappa shape index (κ3) is 2.34. The first-order valence-electron chi connectivity index (χ1n) is 6.75. The Labute approximate surface area is 122 Å². The highest BCUT2D eigenvalue weighted by atomic mass is 16.7. The number of carbonyl (C=O) groups is 2. The molecule has 0 N–H and O–H groups in total. The molecule has 0 aromatic heterocycles. The van der Waals surface area contributed by atoms with Crippen molar-refractivity contribution < 1.29 is 14.4 Å². The second-order valence-corrected chi connectivity index (χ2v) is 5.14. The number of imide groups is 1. The molecule has 0 atom stereocenters. The van der Waals surface area contributed by atoms with Crippen molar-refractivity contribution in [2.24, 2.45) is 0 Å². The van der Waals surface area contributed by atoms with Gasteiger partial charge in [-0.2, -0.15) is 0 Å². The third-order valence-electron chi connectivity index (χ3n) is 3.69. The predicted molar refractivity (Wildman–Crippen MR) is 77.6 cm³/mol. The van der Waals surface area contributed by atoms with Gasteiger partial charge in [-0.25, -0.2) is 0 Å². The molecular weight excluding hydrogens is 266 g/mol. The van der Waals surface area contributed by atoms with Gasteiger partial charge in [-0.3, -0.25) is 14.4 Å². The topological polar surface area (TPSA) is 46.6 Å². The summed E-state index contributed by atoms with van der Waals surface area (Å²) in [6.07, 6.45) is 0. The molecule has 0 unspecified atom stereocenters. The van der Waals surface area contributed by atoms with Crippen molar-refractivity contribution in [3.63, 3.8) is 0 Å². The number of benzene rings is 2. The normalized spacial score (nSPS) is 13.7. The van der Waals surface area contributed by atoms with E-state index in [0.717, 1.165) is 16.2 Å². The minimum absolute atomic E-state index is 0.187. The van der Waals surface area contributed by atoms with E-state index in [1.807, 2.05) is 32.0 Å². The van der Waals surface area contributed by atoms with Crippen LogP contribution in [0.25, 0.3) is 0 Å². The average Bonchev–Trinajstić information content (AvgIpc) is 2.73. The number of carbonyl (C=O) groups excluding carboxylic acids is 2. The summed E-state index contributed by atoms with van der Waals surface area (Å²) in [4.78, 5) is 29.7. The van der Waals surface area contributed by atoms with E-state index >= 15 is 0 Å². The molecule has 2 aromatic rings.